The SMILES string of the molecule is N\C=C/C=C\C=C\C=C\Cc1cccc(-c2cccc(-c3cccc(Nc4ccc(-c5ccc6c(c5)c5ccccc5n6-c5ccccc5)cc4-c4ccccc4)c3)c2)c1. The van der Waals surface area contributed by atoms with Crippen LogP contribution >= 0.6 is 0 Å². The number of nitrogens with zero attached hydrogens (tertiary/aromatic N) is 1. The summed E-state index contributed by atoms with van der Waals surface area (Å²) in [6.45, 7) is 0. The van der Waals surface area contributed by atoms with Gasteiger partial charge in [0.1, 0.15) is 0 Å². The summed E-state index contributed by atoms with van der Waals surface area (Å²) in [4.78, 5) is 0. The fourth-order valence-corrected chi connectivity index (χ4v) is 7.99. The van der Waals surface area contributed by atoms with E-state index >= 15 is 0 Å². The first-order valence-corrected chi connectivity index (χ1v) is 20.4. The summed E-state index contributed by atoms with van der Waals surface area (Å²) in [6, 6.07) is 70.0. The zero-order valence-corrected chi connectivity index (χ0v) is 33.3. The van der Waals surface area contributed by atoms with Gasteiger partial charge in [-0.3, -0.25) is 0 Å². The first kappa shape index (κ1) is 37.7. The van der Waals surface area contributed by atoms with Gasteiger partial charge in [-0.25, -0.2) is 0 Å². The Bertz CT molecular complexity index is 3040. The van der Waals surface area contributed by atoms with Gasteiger partial charge in [-0.1, -0.05) is 170 Å². The molecule has 0 aliphatic rings. The van der Waals surface area contributed by atoms with Crippen molar-refractivity contribution in [3.63, 3.8) is 0 Å². The van der Waals surface area contributed by atoms with Crippen molar-refractivity contribution in [3.05, 3.63) is 248 Å². The maximum absolute atomic E-state index is 5.38. The van der Waals surface area contributed by atoms with E-state index in [0.29, 0.717) is 0 Å². The van der Waals surface area contributed by atoms with Crippen molar-refractivity contribution in [2.75, 3.05) is 5.32 Å². The third-order valence-electron chi connectivity index (χ3n) is 10.9. The van der Waals surface area contributed by atoms with Crippen molar-refractivity contribution in [1.29, 1.82) is 0 Å². The molecule has 288 valence electrons. The number of para-hydroxylation sites is 2. The van der Waals surface area contributed by atoms with Crippen LogP contribution in [0.15, 0.2) is 243 Å². The van der Waals surface area contributed by atoms with E-state index in [1.807, 2.05) is 24.3 Å². The lowest BCUT2D eigenvalue weighted by atomic mass is 9.96. The molecule has 0 atom stereocenters. The lowest BCUT2D eigenvalue weighted by molar-refractivity contribution is 1.18. The fourth-order valence-electron chi connectivity index (χ4n) is 7.99. The van der Waals surface area contributed by atoms with Crippen LogP contribution in [0.3, 0.4) is 0 Å². The number of anilines is 2. The first-order valence-electron chi connectivity index (χ1n) is 20.4. The Morgan fingerprint density at radius 2 is 1.00 bits per heavy atom. The van der Waals surface area contributed by atoms with E-state index in [1.54, 1.807) is 6.08 Å². The number of nitrogens with one attached hydrogen (secondary N) is 1. The Balaban J connectivity index is 0.995. The number of aromatic nitrogens is 1. The molecular formula is C57H45N3. The molecule has 0 aliphatic heterocycles. The predicted octanol–water partition coefficient (Wildman–Crippen LogP) is 14.9. The number of fused-ring (bicyclic) bond motifs is 3. The minimum Gasteiger partial charge on any atom is -0.405 e. The van der Waals surface area contributed by atoms with E-state index in [-0.39, 0.29) is 0 Å². The van der Waals surface area contributed by atoms with Crippen LogP contribution in [0.2, 0.25) is 0 Å². The quantitative estimate of drug-likeness (QED) is 0.122. The molecule has 0 fully saturated rings. The minimum atomic E-state index is 0.860. The van der Waals surface area contributed by atoms with Gasteiger partial charge in [0.05, 0.1) is 11.0 Å². The predicted molar refractivity (Wildman–Crippen MR) is 257 cm³/mol. The summed E-state index contributed by atoms with van der Waals surface area (Å²) in [6.07, 6.45) is 16.3. The fraction of sp³-hybridized carbons (Fsp3) is 0.0175. The lowest BCUT2D eigenvalue weighted by Gasteiger charge is -2.16. The van der Waals surface area contributed by atoms with Gasteiger partial charge in [-0.05, 0) is 124 Å². The van der Waals surface area contributed by atoms with Gasteiger partial charge in [0.25, 0.3) is 0 Å². The van der Waals surface area contributed by atoms with Crippen LogP contribution < -0.4 is 11.1 Å². The number of nitrogens with two attached hydrogens (primary N) is 1. The molecule has 0 unspecified atom stereocenters. The van der Waals surface area contributed by atoms with E-state index in [0.717, 1.165) is 40.2 Å². The molecule has 9 aromatic rings. The van der Waals surface area contributed by atoms with E-state index in [9.17, 15) is 0 Å². The molecule has 8 aromatic carbocycles. The lowest BCUT2D eigenvalue weighted by Crippen LogP contribution is -1.95. The zero-order chi connectivity index (χ0) is 40.5. The molecule has 0 spiro atoms. The highest BCUT2D eigenvalue weighted by molar-refractivity contribution is 6.10. The molecule has 1 aromatic heterocycles. The monoisotopic (exact) mass is 771 g/mol. The summed E-state index contributed by atoms with van der Waals surface area (Å²) in [5, 5.41) is 6.29. The standard InChI is InChI=1S/C57H45N3/c58-36-15-5-3-1-2-4-8-19-42-20-16-23-44(37-42)45-24-17-25-46(38-45)47-26-18-27-50(39-47)59-55-34-32-48(40-53(55)43-21-9-6-10-22-43)49-33-35-57-54(41-49)52-30-13-14-31-56(52)60(57)51-28-11-7-12-29-51/h1-18,20-41,59H,19,58H2/b2-1+,5-3-,8-4+,36-15-. The van der Waals surface area contributed by atoms with Gasteiger partial charge in [0, 0.05) is 33.4 Å². The summed E-state index contributed by atoms with van der Waals surface area (Å²) < 4.78 is 2.36. The second kappa shape index (κ2) is 17.7. The van der Waals surface area contributed by atoms with Gasteiger partial charge >= 0.3 is 0 Å². The molecule has 3 heteroatoms. The third kappa shape index (κ3) is 8.24. The largest absolute Gasteiger partial charge is 0.405 e. The molecular weight excluding hydrogens is 727 g/mol. The van der Waals surface area contributed by atoms with Gasteiger partial charge in [0.2, 0.25) is 0 Å². The van der Waals surface area contributed by atoms with Gasteiger partial charge < -0.3 is 15.6 Å². The summed E-state index contributed by atoms with van der Waals surface area (Å²) >= 11 is 0. The average Bonchev–Trinajstić information content (AvgIpc) is 3.64. The van der Waals surface area contributed by atoms with E-state index in [4.69, 9.17) is 5.73 Å². The molecule has 3 nitrogen and oxygen atoms in total. The molecule has 9 rings (SSSR count). The van der Waals surface area contributed by atoms with Crippen LogP contribution in [-0.2, 0) is 6.42 Å². The highest BCUT2D eigenvalue weighted by Gasteiger charge is 2.15. The maximum atomic E-state index is 5.38. The molecule has 60 heavy (non-hydrogen) atoms. The molecule has 0 bridgehead atoms. The molecule has 0 saturated heterocycles. The Hall–Kier alpha value is -7.88. The minimum absolute atomic E-state index is 0.860. The summed E-state index contributed by atoms with van der Waals surface area (Å²) in [5.41, 5.74) is 21.7. The van der Waals surface area contributed by atoms with Gasteiger partial charge in [0.15, 0.2) is 0 Å². The van der Waals surface area contributed by atoms with Crippen LogP contribution in [0, 0.1) is 0 Å². The molecule has 3 N–H and O–H groups in total. The van der Waals surface area contributed by atoms with Crippen LogP contribution in [0.4, 0.5) is 11.4 Å². The average molecular weight is 772 g/mol. The molecule has 0 saturated carbocycles. The van der Waals surface area contributed by atoms with Crippen LogP contribution in [-0.4, -0.2) is 4.57 Å². The Labute approximate surface area is 352 Å². The Morgan fingerprint density at radius 1 is 0.417 bits per heavy atom. The number of benzene rings is 8. The van der Waals surface area contributed by atoms with E-state index in [1.165, 1.54) is 61.4 Å². The maximum Gasteiger partial charge on any atom is 0.0541 e. The Morgan fingerprint density at radius 3 is 1.80 bits per heavy atom. The second-order valence-electron chi connectivity index (χ2n) is 14.8. The van der Waals surface area contributed by atoms with Gasteiger partial charge in [-0.15, -0.1) is 0 Å². The van der Waals surface area contributed by atoms with Crippen molar-refractivity contribution >= 4 is 33.2 Å². The normalized spacial score (nSPS) is 11.9. The van der Waals surface area contributed by atoms with Crippen molar-refractivity contribution in [1.82, 2.24) is 4.57 Å². The molecule has 0 aliphatic carbocycles. The molecule has 0 amide bonds. The second-order valence-corrected chi connectivity index (χ2v) is 14.8. The Kier molecular flexibility index (Phi) is 11.1. The van der Waals surface area contributed by atoms with Crippen molar-refractivity contribution in [2.24, 2.45) is 5.73 Å². The van der Waals surface area contributed by atoms with Gasteiger partial charge in [-0.2, -0.15) is 0 Å². The highest BCUT2D eigenvalue weighted by Crippen LogP contribution is 2.39. The summed E-state index contributed by atoms with van der Waals surface area (Å²) in [7, 11) is 0. The summed E-state index contributed by atoms with van der Waals surface area (Å²) in [5.74, 6) is 0. The molecule has 0 radical (unpaired) electrons. The number of hydrogen-bond donors (Lipinski definition) is 2. The van der Waals surface area contributed by atoms with Crippen molar-refractivity contribution < 1.29 is 0 Å². The highest BCUT2D eigenvalue weighted by atomic mass is 15.0. The van der Waals surface area contributed by atoms with E-state index < -0.39 is 0 Å². The van der Waals surface area contributed by atoms with Crippen molar-refractivity contribution in [3.8, 4) is 50.2 Å². The number of hydrogen-bond acceptors (Lipinski definition) is 2. The number of rotatable bonds is 12. The van der Waals surface area contributed by atoms with E-state index in [2.05, 4.69) is 216 Å². The first-order chi connectivity index (χ1) is 29.7. The van der Waals surface area contributed by atoms with Crippen LogP contribution in [0.25, 0.3) is 72.0 Å². The van der Waals surface area contributed by atoms with Crippen LogP contribution in [0.1, 0.15) is 5.56 Å². The van der Waals surface area contributed by atoms with Crippen molar-refractivity contribution in [2.45, 2.75) is 6.42 Å². The number of allylic oxidation sites excluding steroid dienone is 7. The third-order valence-corrected chi connectivity index (χ3v) is 10.9. The topological polar surface area (TPSA) is 43.0 Å². The zero-order valence-electron chi connectivity index (χ0n) is 33.3. The smallest absolute Gasteiger partial charge is 0.0541 e. The molecule has 1 heterocycles. The van der Waals surface area contributed by atoms with Crippen LogP contribution in [0.5, 0.6) is 0 Å².